The zero-order valence-electron chi connectivity index (χ0n) is 12.8. The molecule has 0 radical (unpaired) electrons. The second-order valence-electron chi connectivity index (χ2n) is 5.43. The van der Waals surface area contributed by atoms with Crippen LogP contribution in [0.2, 0.25) is 0 Å². The largest absolute Gasteiger partial charge is 0.351 e. The number of nitrogens with one attached hydrogen (secondary N) is 2. The number of aryl methyl sites for hydroxylation is 2. The summed E-state index contributed by atoms with van der Waals surface area (Å²) in [5, 5.41) is 3.46. The second-order valence-corrected chi connectivity index (χ2v) is 6.54. The number of amides is 1. The van der Waals surface area contributed by atoms with Crippen molar-refractivity contribution in [3.05, 3.63) is 63.0 Å². The van der Waals surface area contributed by atoms with Crippen LogP contribution in [0.25, 0.3) is 10.2 Å². The molecule has 118 valence electrons. The topological polar surface area (TPSA) is 74.8 Å². The Balaban J connectivity index is 1.54. The standard InChI is InChI=1S/C17H17N3O2S/c1-11-2-4-12(5-3-11)6-7-15(21)18-9-13-8-14-16(22)19-10-20-17(14)23-13/h2-5,8,10H,6-7,9H2,1H3,(H,18,21)(H,19,20,22). The van der Waals surface area contributed by atoms with Gasteiger partial charge in [0.2, 0.25) is 5.91 Å². The van der Waals surface area contributed by atoms with Crippen molar-refractivity contribution in [3.8, 4) is 0 Å². The molecule has 2 aromatic heterocycles. The van der Waals surface area contributed by atoms with Crippen LogP contribution in [0.3, 0.4) is 0 Å². The van der Waals surface area contributed by atoms with Crippen LogP contribution in [0, 0.1) is 6.92 Å². The van der Waals surface area contributed by atoms with Gasteiger partial charge in [-0.1, -0.05) is 29.8 Å². The van der Waals surface area contributed by atoms with E-state index in [4.69, 9.17) is 0 Å². The van der Waals surface area contributed by atoms with Crippen molar-refractivity contribution >= 4 is 27.5 Å². The van der Waals surface area contributed by atoms with Gasteiger partial charge in [0.25, 0.3) is 5.56 Å². The number of carbonyl (C=O) groups is 1. The maximum atomic E-state index is 11.9. The van der Waals surface area contributed by atoms with Gasteiger partial charge in [-0.15, -0.1) is 11.3 Å². The van der Waals surface area contributed by atoms with Gasteiger partial charge in [-0.25, -0.2) is 4.98 Å². The van der Waals surface area contributed by atoms with Gasteiger partial charge in [0.15, 0.2) is 0 Å². The monoisotopic (exact) mass is 327 g/mol. The number of rotatable bonds is 5. The van der Waals surface area contributed by atoms with E-state index in [9.17, 15) is 9.59 Å². The molecule has 5 nitrogen and oxygen atoms in total. The lowest BCUT2D eigenvalue weighted by atomic mass is 10.1. The van der Waals surface area contributed by atoms with Crippen LogP contribution in [-0.4, -0.2) is 15.9 Å². The Bertz CT molecular complexity index is 881. The highest BCUT2D eigenvalue weighted by Gasteiger charge is 2.08. The number of aromatic amines is 1. The fourth-order valence-electron chi connectivity index (χ4n) is 2.29. The number of hydrogen-bond acceptors (Lipinski definition) is 4. The SMILES string of the molecule is Cc1ccc(CCC(=O)NCc2cc3c(=O)[nH]cnc3s2)cc1. The van der Waals surface area contributed by atoms with Crippen molar-refractivity contribution in [1.29, 1.82) is 0 Å². The molecule has 0 aliphatic heterocycles. The van der Waals surface area contributed by atoms with E-state index in [1.54, 1.807) is 6.07 Å². The molecule has 0 aliphatic carbocycles. The predicted molar refractivity (Wildman–Crippen MR) is 91.6 cm³/mol. The summed E-state index contributed by atoms with van der Waals surface area (Å²) in [6.07, 6.45) is 2.57. The molecule has 0 saturated heterocycles. The molecule has 1 amide bonds. The summed E-state index contributed by atoms with van der Waals surface area (Å²) in [7, 11) is 0. The molecule has 3 rings (SSSR count). The molecule has 1 aromatic carbocycles. The minimum atomic E-state index is -0.150. The fraction of sp³-hybridized carbons (Fsp3) is 0.235. The molecule has 0 atom stereocenters. The van der Waals surface area contributed by atoms with E-state index in [0.29, 0.717) is 23.2 Å². The van der Waals surface area contributed by atoms with Crippen molar-refractivity contribution in [1.82, 2.24) is 15.3 Å². The van der Waals surface area contributed by atoms with E-state index in [1.165, 1.54) is 23.2 Å². The molecule has 6 heteroatoms. The minimum Gasteiger partial charge on any atom is -0.351 e. The van der Waals surface area contributed by atoms with E-state index in [-0.39, 0.29) is 11.5 Å². The molecule has 2 heterocycles. The summed E-state index contributed by atoms with van der Waals surface area (Å²) in [6, 6.07) is 9.98. The van der Waals surface area contributed by atoms with Gasteiger partial charge < -0.3 is 10.3 Å². The number of H-pyrrole nitrogens is 1. The lowest BCUT2D eigenvalue weighted by molar-refractivity contribution is -0.121. The molecule has 0 aliphatic rings. The first kappa shape index (κ1) is 15.4. The molecule has 23 heavy (non-hydrogen) atoms. The Hall–Kier alpha value is -2.47. The lowest BCUT2D eigenvalue weighted by Gasteiger charge is -2.04. The average molecular weight is 327 g/mol. The summed E-state index contributed by atoms with van der Waals surface area (Å²) >= 11 is 1.42. The van der Waals surface area contributed by atoms with Gasteiger partial charge in [-0.05, 0) is 25.0 Å². The summed E-state index contributed by atoms with van der Waals surface area (Å²) in [5.74, 6) is 0.00454. The van der Waals surface area contributed by atoms with Crippen molar-refractivity contribution in [2.24, 2.45) is 0 Å². The first-order chi connectivity index (χ1) is 11.1. The highest BCUT2D eigenvalue weighted by Crippen LogP contribution is 2.20. The van der Waals surface area contributed by atoms with E-state index in [2.05, 4.69) is 27.4 Å². The van der Waals surface area contributed by atoms with Crippen LogP contribution < -0.4 is 10.9 Å². The van der Waals surface area contributed by atoms with Crippen molar-refractivity contribution in [2.75, 3.05) is 0 Å². The Morgan fingerprint density at radius 2 is 2.09 bits per heavy atom. The molecule has 0 spiro atoms. The molecular formula is C17H17N3O2S. The molecule has 3 aromatic rings. The third kappa shape index (κ3) is 3.84. The summed E-state index contributed by atoms with van der Waals surface area (Å²) < 4.78 is 0. The third-order valence-electron chi connectivity index (χ3n) is 3.61. The highest BCUT2D eigenvalue weighted by atomic mass is 32.1. The van der Waals surface area contributed by atoms with Gasteiger partial charge in [-0.3, -0.25) is 9.59 Å². The fourth-order valence-corrected chi connectivity index (χ4v) is 3.23. The van der Waals surface area contributed by atoms with Crippen LogP contribution in [0.1, 0.15) is 22.4 Å². The van der Waals surface area contributed by atoms with E-state index in [0.717, 1.165) is 16.9 Å². The van der Waals surface area contributed by atoms with E-state index < -0.39 is 0 Å². The van der Waals surface area contributed by atoms with Gasteiger partial charge >= 0.3 is 0 Å². The number of thiophene rings is 1. The third-order valence-corrected chi connectivity index (χ3v) is 4.65. The van der Waals surface area contributed by atoms with Crippen LogP contribution in [0.15, 0.2) is 41.5 Å². The first-order valence-electron chi connectivity index (χ1n) is 7.40. The minimum absolute atomic E-state index is 0.00454. The summed E-state index contributed by atoms with van der Waals surface area (Å²) in [4.78, 5) is 31.9. The second kappa shape index (κ2) is 6.75. The number of nitrogens with zero attached hydrogens (tertiary/aromatic N) is 1. The first-order valence-corrected chi connectivity index (χ1v) is 8.22. The van der Waals surface area contributed by atoms with Gasteiger partial charge in [0.1, 0.15) is 4.83 Å². The molecule has 0 fully saturated rings. The van der Waals surface area contributed by atoms with Crippen molar-refractivity contribution in [2.45, 2.75) is 26.3 Å². The maximum absolute atomic E-state index is 11.9. The van der Waals surface area contributed by atoms with Gasteiger partial charge in [0.05, 0.1) is 18.3 Å². The van der Waals surface area contributed by atoms with Crippen LogP contribution >= 0.6 is 11.3 Å². The Kier molecular flexibility index (Phi) is 4.52. The molecular weight excluding hydrogens is 310 g/mol. The summed E-state index contributed by atoms with van der Waals surface area (Å²) in [6.45, 7) is 2.47. The van der Waals surface area contributed by atoms with E-state index in [1.807, 2.05) is 19.1 Å². The van der Waals surface area contributed by atoms with Gasteiger partial charge in [0, 0.05) is 11.3 Å². The number of hydrogen-bond donors (Lipinski definition) is 2. The number of fused-ring (bicyclic) bond motifs is 1. The van der Waals surface area contributed by atoms with E-state index >= 15 is 0 Å². The normalized spacial score (nSPS) is 10.8. The molecule has 0 saturated carbocycles. The lowest BCUT2D eigenvalue weighted by Crippen LogP contribution is -2.22. The van der Waals surface area contributed by atoms with Crippen molar-refractivity contribution in [3.63, 3.8) is 0 Å². The number of benzene rings is 1. The van der Waals surface area contributed by atoms with Crippen LogP contribution in [0.5, 0.6) is 0 Å². The summed E-state index contributed by atoms with van der Waals surface area (Å²) in [5.41, 5.74) is 2.22. The Labute approximate surface area is 137 Å². The van der Waals surface area contributed by atoms with Crippen molar-refractivity contribution < 1.29 is 4.79 Å². The average Bonchev–Trinajstić information content (AvgIpc) is 2.97. The van der Waals surface area contributed by atoms with Gasteiger partial charge in [-0.2, -0.15) is 0 Å². The molecule has 2 N–H and O–H groups in total. The Morgan fingerprint density at radius 1 is 1.30 bits per heavy atom. The van der Waals surface area contributed by atoms with Crippen LogP contribution in [0.4, 0.5) is 0 Å². The highest BCUT2D eigenvalue weighted by molar-refractivity contribution is 7.18. The molecule has 0 unspecified atom stereocenters. The zero-order valence-corrected chi connectivity index (χ0v) is 13.6. The predicted octanol–water partition coefficient (Wildman–Crippen LogP) is 2.54. The molecule has 0 bridgehead atoms. The quantitative estimate of drug-likeness (QED) is 0.756. The maximum Gasteiger partial charge on any atom is 0.259 e. The number of aromatic nitrogens is 2. The Morgan fingerprint density at radius 3 is 2.83 bits per heavy atom. The smallest absolute Gasteiger partial charge is 0.259 e. The van der Waals surface area contributed by atoms with Crippen LogP contribution in [-0.2, 0) is 17.8 Å². The zero-order chi connectivity index (χ0) is 16.2. The number of carbonyl (C=O) groups excluding carboxylic acids is 1.